The highest BCUT2D eigenvalue weighted by molar-refractivity contribution is 9.10. The maximum Gasteiger partial charge on any atom is 0.221 e. The molecule has 0 aliphatic heterocycles. The third-order valence-corrected chi connectivity index (χ3v) is 3.48. The number of hydrogen-bond acceptors (Lipinski definition) is 6. The second-order valence-electron chi connectivity index (χ2n) is 4.36. The molecule has 0 saturated heterocycles. The van der Waals surface area contributed by atoms with Crippen LogP contribution in [0.15, 0.2) is 22.8 Å². The summed E-state index contributed by atoms with van der Waals surface area (Å²) in [5.74, 6) is 1.90. The quantitative estimate of drug-likeness (QED) is 0.857. The molecular formula is C14H17BrN4O2. The summed E-state index contributed by atoms with van der Waals surface area (Å²) in [5, 5.41) is 0. The van der Waals surface area contributed by atoms with Crippen molar-refractivity contribution in [1.82, 2.24) is 9.97 Å². The highest BCUT2D eigenvalue weighted by Gasteiger charge is 2.13. The number of methoxy groups -OCH3 is 1. The topological polar surface area (TPSA) is 96.3 Å². The second kappa shape index (κ2) is 6.62. The number of anilines is 2. The van der Waals surface area contributed by atoms with Crippen molar-refractivity contribution in [2.75, 3.05) is 25.2 Å². The molecular weight excluding hydrogens is 336 g/mol. The van der Waals surface area contributed by atoms with Gasteiger partial charge in [0.25, 0.3) is 0 Å². The molecule has 2 rings (SSSR count). The Kier molecular flexibility index (Phi) is 4.85. The fourth-order valence-corrected chi connectivity index (χ4v) is 2.55. The Morgan fingerprint density at radius 1 is 1.29 bits per heavy atom. The van der Waals surface area contributed by atoms with Gasteiger partial charge in [-0.1, -0.05) is 0 Å². The monoisotopic (exact) mass is 352 g/mol. The fraction of sp³-hybridized carbons (Fsp3) is 0.286. The van der Waals surface area contributed by atoms with E-state index in [0.29, 0.717) is 30.3 Å². The van der Waals surface area contributed by atoms with Crippen molar-refractivity contribution in [3.63, 3.8) is 0 Å². The van der Waals surface area contributed by atoms with Crippen LogP contribution in [0.4, 0.5) is 11.8 Å². The summed E-state index contributed by atoms with van der Waals surface area (Å²) in [4.78, 5) is 7.93. The van der Waals surface area contributed by atoms with Crippen molar-refractivity contribution >= 4 is 27.7 Å². The number of aromatic nitrogens is 2. The average Bonchev–Trinajstić information content (AvgIpc) is 2.44. The fourth-order valence-electron chi connectivity index (χ4n) is 1.95. The lowest BCUT2D eigenvalue weighted by Crippen LogP contribution is -2.04. The van der Waals surface area contributed by atoms with Crippen molar-refractivity contribution in [2.45, 2.75) is 13.3 Å². The van der Waals surface area contributed by atoms with E-state index >= 15 is 0 Å². The van der Waals surface area contributed by atoms with Crippen LogP contribution in [0.3, 0.4) is 0 Å². The van der Waals surface area contributed by atoms with Crippen LogP contribution >= 0.6 is 15.9 Å². The van der Waals surface area contributed by atoms with Crippen molar-refractivity contribution in [3.05, 3.63) is 33.9 Å². The van der Waals surface area contributed by atoms with Crippen molar-refractivity contribution in [3.8, 4) is 11.5 Å². The lowest BCUT2D eigenvalue weighted by Gasteiger charge is -2.13. The van der Waals surface area contributed by atoms with Gasteiger partial charge in [-0.15, -0.1) is 0 Å². The minimum absolute atomic E-state index is 0.168. The number of ether oxygens (including phenoxy) is 2. The van der Waals surface area contributed by atoms with Gasteiger partial charge in [0, 0.05) is 18.2 Å². The summed E-state index contributed by atoms with van der Waals surface area (Å²) in [7, 11) is 1.61. The maximum absolute atomic E-state index is 5.86. The molecule has 0 aliphatic rings. The molecule has 7 heteroatoms. The Bertz CT molecular complexity index is 649. The highest BCUT2D eigenvalue weighted by Crippen LogP contribution is 2.37. The first-order valence-corrected chi connectivity index (χ1v) is 7.20. The lowest BCUT2D eigenvalue weighted by atomic mass is 10.1. The summed E-state index contributed by atoms with van der Waals surface area (Å²) in [5.41, 5.74) is 13.2. The van der Waals surface area contributed by atoms with Crippen LogP contribution in [-0.4, -0.2) is 23.7 Å². The van der Waals surface area contributed by atoms with Gasteiger partial charge in [0.1, 0.15) is 5.82 Å². The molecule has 0 saturated carbocycles. The smallest absolute Gasteiger partial charge is 0.221 e. The first-order valence-electron chi connectivity index (χ1n) is 6.41. The Morgan fingerprint density at radius 3 is 2.67 bits per heavy atom. The SMILES string of the molecule is CCOc1c(Br)cc(Cc2cnc(N)nc2N)cc1OC. The van der Waals surface area contributed by atoms with E-state index in [1.54, 1.807) is 13.3 Å². The zero-order chi connectivity index (χ0) is 15.4. The first-order chi connectivity index (χ1) is 10.0. The summed E-state index contributed by atoms with van der Waals surface area (Å²) < 4.78 is 11.8. The third-order valence-electron chi connectivity index (χ3n) is 2.89. The zero-order valence-corrected chi connectivity index (χ0v) is 13.5. The van der Waals surface area contributed by atoms with Crippen LogP contribution in [0.5, 0.6) is 11.5 Å². The molecule has 1 heterocycles. The van der Waals surface area contributed by atoms with Crippen molar-refractivity contribution < 1.29 is 9.47 Å². The molecule has 0 spiro atoms. The van der Waals surface area contributed by atoms with Gasteiger partial charge in [-0.25, -0.2) is 4.98 Å². The number of hydrogen-bond donors (Lipinski definition) is 2. The predicted octanol–water partition coefficient (Wildman–Crippen LogP) is 2.40. The first kappa shape index (κ1) is 15.4. The van der Waals surface area contributed by atoms with Crippen molar-refractivity contribution in [2.24, 2.45) is 0 Å². The van der Waals surface area contributed by atoms with Gasteiger partial charge >= 0.3 is 0 Å². The minimum Gasteiger partial charge on any atom is -0.493 e. The lowest BCUT2D eigenvalue weighted by molar-refractivity contribution is 0.308. The van der Waals surface area contributed by atoms with Crippen LogP contribution in [-0.2, 0) is 6.42 Å². The summed E-state index contributed by atoms with van der Waals surface area (Å²) in [6.07, 6.45) is 2.21. The van der Waals surface area contributed by atoms with Crippen LogP contribution in [0.1, 0.15) is 18.1 Å². The molecule has 1 aromatic heterocycles. The minimum atomic E-state index is 0.168. The predicted molar refractivity (Wildman–Crippen MR) is 85.5 cm³/mol. The Hall–Kier alpha value is -2.02. The number of rotatable bonds is 5. The molecule has 0 amide bonds. The van der Waals surface area contributed by atoms with Gasteiger partial charge < -0.3 is 20.9 Å². The Morgan fingerprint density at radius 2 is 2.05 bits per heavy atom. The molecule has 4 N–H and O–H groups in total. The number of halogens is 1. The molecule has 21 heavy (non-hydrogen) atoms. The van der Waals surface area contributed by atoms with Crippen LogP contribution < -0.4 is 20.9 Å². The van der Waals surface area contributed by atoms with Gasteiger partial charge in [0.15, 0.2) is 11.5 Å². The molecule has 0 bridgehead atoms. The number of nitrogens with two attached hydrogens (primary N) is 2. The van der Waals surface area contributed by atoms with E-state index in [9.17, 15) is 0 Å². The van der Waals surface area contributed by atoms with Gasteiger partial charge in [-0.3, -0.25) is 0 Å². The van der Waals surface area contributed by atoms with E-state index in [2.05, 4.69) is 25.9 Å². The summed E-state index contributed by atoms with van der Waals surface area (Å²) in [6, 6.07) is 3.87. The van der Waals surface area contributed by atoms with E-state index in [-0.39, 0.29) is 5.95 Å². The van der Waals surface area contributed by atoms with E-state index in [4.69, 9.17) is 20.9 Å². The van der Waals surface area contributed by atoms with E-state index in [0.717, 1.165) is 15.6 Å². The largest absolute Gasteiger partial charge is 0.493 e. The maximum atomic E-state index is 5.86. The molecule has 1 aromatic carbocycles. The van der Waals surface area contributed by atoms with E-state index in [1.807, 2.05) is 19.1 Å². The van der Waals surface area contributed by atoms with Gasteiger partial charge in [-0.05, 0) is 40.5 Å². The summed E-state index contributed by atoms with van der Waals surface area (Å²) >= 11 is 3.50. The molecule has 2 aromatic rings. The van der Waals surface area contributed by atoms with Crippen LogP contribution in [0, 0.1) is 0 Å². The zero-order valence-electron chi connectivity index (χ0n) is 11.9. The Labute approximate surface area is 131 Å². The van der Waals surface area contributed by atoms with Gasteiger partial charge in [-0.2, -0.15) is 4.98 Å². The van der Waals surface area contributed by atoms with Gasteiger partial charge in [0.2, 0.25) is 5.95 Å². The molecule has 0 atom stereocenters. The Balaban J connectivity index is 2.34. The second-order valence-corrected chi connectivity index (χ2v) is 5.21. The van der Waals surface area contributed by atoms with E-state index < -0.39 is 0 Å². The highest BCUT2D eigenvalue weighted by atomic mass is 79.9. The van der Waals surface area contributed by atoms with E-state index in [1.165, 1.54) is 0 Å². The summed E-state index contributed by atoms with van der Waals surface area (Å²) in [6.45, 7) is 2.49. The number of nitrogens with zero attached hydrogens (tertiary/aromatic N) is 2. The molecule has 0 aliphatic carbocycles. The van der Waals surface area contributed by atoms with Gasteiger partial charge in [0.05, 0.1) is 18.2 Å². The standard InChI is InChI=1S/C14H17BrN4O2/c1-3-21-12-10(15)5-8(6-11(12)20-2)4-9-7-18-14(17)19-13(9)16/h5-7H,3-4H2,1-2H3,(H4,16,17,18,19). The number of nitrogen functional groups attached to an aromatic ring is 2. The van der Waals surface area contributed by atoms with Crippen LogP contribution in [0.2, 0.25) is 0 Å². The molecule has 0 fully saturated rings. The molecule has 112 valence electrons. The molecule has 0 radical (unpaired) electrons. The average molecular weight is 353 g/mol. The third kappa shape index (κ3) is 3.55. The number of benzene rings is 1. The van der Waals surface area contributed by atoms with Crippen LogP contribution in [0.25, 0.3) is 0 Å². The molecule has 6 nitrogen and oxygen atoms in total. The van der Waals surface area contributed by atoms with Crippen molar-refractivity contribution in [1.29, 1.82) is 0 Å². The normalized spacial score (nSPS) is 10.4. The molecule has 0 unspecified atom stereocenters.